The zero-order chi connectivity index (χ0) is 13.9. The Morgan fingerprint density at radius 3 is 2.42 bits per heavy atom. The van der Waals surface area contributed by atoms with Crippen molar-refractivity contribution in [2.45, 2.75) is 12.5 Å². The van der Waals surface area contributed by atoms with E-state index in [4.69, 9.17) is 0 Å². The molecule has 19 heavy (non-hydrogen) atoms. The number of hydrogen-bond acceptors (Lipinski definition) is 3. The van der Waals surface area contributed by atoms with Gasteiger partial charge < -0.3 is 15.0 Å². The van der Waals surface area contributed by atoms with Crippen LogP contribution in [-0.2, 0) is 0 Å². The molecule has 0 amide bonds. The highest BCUT2D eigenvalue weighted by molar-refractivity contribution is 5.58. The average Bonchev–Trinajstić information content (AvgIpc) is 2.40. The van der Waals surface area contributed by atoms with Gasteiger partial charge in [-0.15, -0.1) is 0 Å². The van der Waals surface area contributed by atoms with Crippen molar-refractivity contribution in [3.63, 3.8) is 0 Å². The van der Waals surface area contributed by atoms with E-state index in [0.717, 1.165) is 0 Å². The van der Waals surface area contributed by atoms with Crippen LogP contribution in [0.4, 0.5) is 23.2 Å². The van der Waals surface area contributed by atoms with Crippen molar-refractivity contribution in [1.82, 2.24) is 5.32 Å². The summed E-state index contributed by atoms with van der Waals surface area (Å²) in [6, 6.07) is 5.99. The van der Waals surface area contributed by atoms with Crippen molar-refractivity contribution in [2.75, 3.05) is 31.1 Å². The smallest absolute Gasteiger partial charge is 0.426 e. The molecule has 1 N–H and O–H groups in total. The molecular formula is C12H14F4N2O. The molecule has 0 aromatic heterocycles. The number of halogens is 4. The fourth-order valence-electron chi connectivity index (χ4n) is 1.90. The number of piperazine rings is 1. The van der Waals surface area contributed by atoms with Gasteiger partial charge in [0.05, 0.1) is 5.69 Å². The Balaban J connectivity index is 2.20. The van der Waals surface area contributed by atoms with Crippen molar-refractivity contribution >= 4 is 5.69 Å². The Bertz CT molecular complexity index is 422. The Morgan fingerprint density at radius 1 is 1.16 bits per heavy atom. The van der Waals surface area contributed by atoms with Crippen LogP contribution in [0.25, 0.3) is 0 Å². The first-order valence-electron chi connectivity index (χ1n) is 5.90. The van der Waals surface area contributed by atoms with Crippen molar-refractivity contribution in [1.29, 1.82) is 0 Å². The van der Waals surface area contributed by atoms with Crippen LogP contribution in [-0.4, -0.2) is 38.7 Å². The summed E-state index contributed by atoms with van der Waals surface area (Å²) in [4.78, 5) is 1.83. The summed E-state index contributed by atoms with van der Waals surface area (Å²) < 4.78 is 54.5. The van der Waals surface area contributed by atoms with Gasteiger partial charge in [-0.25, -0.2) is 0 Å². The minimum atomic E-state index is -4.48. The second-order valence-corrected chi connectivity index (χ2v) is 4.17. The third-order valence-corrected chi connectivity index (χ3v) is 2.82. The predicted molar refractivity (Wildman–Crippen MR) is 63.1 cm³/mol. The third kappa shape index (κ3) is 3.28. The van der Waals surface area contributed by atoms with E-state index in [2.05, 4.69) is 10.1 Å². The lowest BCUT2D eigenvalue weighted by molar-refractivity contribution is -0.253. The monoisotopic (exact) mass is 278 g/mol. The lowest BCUT2D eigenvalue weighted by atomic mass is 10.2. The fourth-order valence-corrected chi connectivity index (χ4v) is 1.90. The van der Waals surface area contributed by atoms with Crippen molar-refractivity contribution in [2.24, 2.45) is 0 Å². The number of nitrogens with zero attached hydrogens (tertiary/aromatic N) is 1. The zero-order valence-electron chi connectivity index (χ0n) is 10.1. The summed E-state index contributed by atoms with van der Waals surface area (Å²) in [5.41, 5.74) is 0.407. The quantitative estimate of drug-likeness (QED) is 0.856. The minimum Gasteiger partial charge on any atom is -0.426 e. The summed E-state index contributed by atoms with van der Waals surface area (Å²) in [5.74, 6) is -0.227. The maximum Gasteiger partial charge on any atom is 0.461 e. The summed E-state index contributed by atoms with van der Waals surface area (Å²) in [5, 5.41) is 3.12. The van der Waals surface area contributed by atoms with Crippen molar-refractivity contribution in [3.05, 3.63) is 24.3 Å². The number of para-hydroxylation sites is 2. The minimum absolute atomic E-state index is 0.227. The van der Waals surface area contributed by atoms with E-state index in [1.165, 1.54) is 12.1 Å². The summed E-state index contributed by atoms with van der Waals surface area (Å²) in [6.45, 7) is 2.64. The van der Waals surface area contributed by atoms with Gasteiger partial charge in [-0.3, -0.25) is 0 Å². The first-order chi connectivity index (χ1) is 9.00. The molecule has 2 rings (SSSR count). The number of rotatable bonds is 4. The van der Waals surface area contributed by atoms with Crippen LogP contribution in [0, 0.1) is 0 Å². The largest absolute Gasteiger partial charge is 0.461 e. The molecule has 1 fully saturated rings. The van der Waals surface area contributed by atoms with E-state index in [9.17, 15) is 17.6 Å². The number of ether oxygens (including phenoxy) is 1. The Kier molecular flexibility index (Phi) is 4.14. The average molecular weight is 278 g/mol. The van der Waals surface area contributed by atoms with Crippen LogP contribution in [0.1, 0.15) is 0 Å². The second kappa shape index (κ2) is 5.64. The van der Waals surface area contributed by atoms with Gasteiger partial charge in [0.15, 0.2) is 0 Å². The number of alkyl halides is 4. The molecule has 1 aliphatic rings. The first-order valence-corrected chi connectivity index (χ1v) is 5.90. The van der Waals surface area contributed by atoms with Gasteiger partial charge in [0.2, 0.25) is 0 Å². The van der Waals surface area contributed by atoms with Crippen molar-refractivity contribution < 1.29 is 22.3 Å². The normalized spacial score (nSPS) is 16.8. The van der Waals surface area contributed by atoms with E-state index in [0.29, 0.717) is 31.9 Å². The molecule has 0 unspecified atom stereocenters. The lowest BCUT2D eigenvalue weighted by Crippen LogP contribution is -2.44. The molecule has 1 aromatic carbocycles. The molecule has 0 aliphatic carbocycles. The van der Waals surface area contributed by atoms with Gasteiger partial charge >= 0.3 is 12.5 Å². The summed E-state index contributed by atoms with van der Waals surface area (Å²) >= 11 is 0. The first kappa shape index (κ1) is 13.9. The maximum atomic E-state index is 13.0. The highest BCUT2D eigenvalue weighted by Crippen LogP contribution is 2.34. The summed E-state index contributed by atoms with van der Waals surface area (Å²) in [6.07, 6.45) is -8.34. The predicted octanol–water partition coefficient (Wildman–Crippen LogP) is 2.33. The molecule has 0 bridgehead atoms. The number of nitrogens with one attached hydrogen (secondary N) is 1. The fraction of sp³-hybridized carbons (Fsp3) is 0.500. The van der Waals surface area contributed by atoms with E-state index in [-0.39, 0.29) is 5.75 Å². The van der Waals surface area contributed by atoms with Gasteiger partial charge in [-0.1, -0.05) is 12.1 Å². The highest BCUT2D eigenvalue weighted by Gasteiger charge is 2.44. The van der Waals surface area contributed by atoms with E-state index < -0.39 is 12.5 Å². The van der Waals surface area contributed by atoms with Gasteiger partial charge in [-0.05, 0) is 12.1 Å². The number of anilines is 1. The van der Waals surface area contributed by atoms with Crippen LogP contribution >= 0.6 is 0 Å². The van der Waals surface area contributed by atoms with Crippen LogP contribution < -0.4 is 15.0 Å². The molecule has 3 nitrogen and oxygen atoms in total. The zero-order valence-corrected chi connectivity index (χ0v) is 10.1. The lowest BCUT2D eigenvalue weighted by Gasteiger charge is -2.31. The highest BCUT2D eigenvalue weighted by atomic mass is 19.3. The molecule has 0 spiro atoms. The molecule has 0 saturated carbocycles. The third-order valence-electron chi connectivity index (χ3n) is 2.82. The van der Waals surface area contributed by atoms with Crippen LogP contribution in [0.2, 0.25) is 0 Å². The van der Waals surface area contributed by atoms with Crippen LogP contribution in [0.5, 0.6) is 5.75 Å². The summed E-state index contributed by atoms with van der Waals surface area (Å²) in [7, 11) is 0. The van der Waals surface area contributed by atoms with Crippen LogP contribution in [0.3, 0.4) is 0 Å². The molecule has 1 aliphatic heterocycles. The van der Waals surface area contributed by atoms with Gasteiger partial charge in [0.1, 0.15) is 5.75 Å². The SMILES string of the molecule is FC(F)C(F)(F)Oc1ccccc1N1CCNCC1. The van der Waals surface area contributed by atoms with E-state index >= 15 is 0 Å². The number of hydrogen-bond donors (Lipinski definition) is 1. The van der Waals surface area contributed by atoms with Gasteiger partial charge in [0.25, 0.3) is 0 Å². The van der Waals surface area contributed by atoms with Crippen LogP contribution in [0.15, 0.2) is 24.3 Å². The molecule has 106 valence electrons. The topological polar surface area (TPSA) is 24.5 Å². The van der Waals surface area contributed by atoms with E-state index in [1.54, 1.807) is 12.1 Å². The second-order valence-electron chi connectivity index (χ2n) is 4.17. The molecular weight excluding hydrogens is 264 g/mol. The molecule has 0 radical (unpaired) electrons. The van der Waals surface area contributed by atoms with E-state index in [1.807, 2.05) is 4.90 Å². The Labute approximate surface area is 108 Å². The van der Waals surface area contributed by atoms with Gasteiger partial charge in [0, 0.05) is 26.2 Å². The van der Waals surface area contributed by atoms with Crippen molar-refractivity contribution in [3.8, 4) is 5.75 Å². The van der Waals surface area contributed by atoms with Gasteiger partial charge in [-0.2, -0.15) is 17.6 Å². The molecule has 7 heteroatoms. The Morgan fingerprint density at radius 2 is 1.79 bits per heavy atom. The Hall–Kier alpha value is -1.50. The molecule has 1 aromatic rings. The number of benzene rings is 1. The molecule has 1 heterocycles. The standard InChI is InChI=1S/C12H14F4N2O/c13-11(14)12(15,16)19-10-4-2-1-3-9(10)18-7-5-17-6-8-18/h1-4,11,17H,5-8H2. The molecule has 1 saturated heterocycles. The molecule has 0 atom stereocenters. The maximum absolute atomic E-state index is 13.0.